The quantitative estimate of drug-likeness (QED) is 0.533. The fourth-order valence-electron chi connectivity index (χ4n) is 3.39. The number of hydrogen-bond donors (Lipinski definition) is 1. The zero-order valence-electron chi connectivity index (χ0n) is 10.7. The number of unbranched alkanes of at least 4 members (excludes halogenated alkanes) is 3. The summed E-state index contributed by atoms with van der Waals surface area (Å²) in [5, 5.41) is 8.53. The van der Waals surface area contributed by atoms with E-state index in [0.717, 1.165) is 51.2 Å². The van der Waals surface area contributed by atoms with Gasteiger partial charge in [0.1, 0.15) is 6.29 Å². The number of hydrogen-bond acceptors (Lipinski definition) is 3. The summed E-state index contributed by atoms with van der Waals surface area (Å²) in [6.07, 6.45) is 8.94. The van der Waals surface area contributed by atoms with Gasteiger partial charge in [-0.25, -0.2) is 0 Å². The second-order valence-electron chi connectivity index (χ2n) is 5.51. The zero-order chi connectivity index (χ0) is 13.0. The van der Waals surface area contributed by atoms with Crippen molar-refractivity contribution in [3.63, 3.8) is 0 Å². The van der Waals surface area contributed by atoms with Crippen LogP contribution in [0.2, 0.25) is 0 Å². The summed E-state index contributed by atoms with van der Waals surface area (Å²) < 4.78 is 5.79. The topological polar surface area (TPSA) is 63.6 Å². The predicted molar refractivity (Wildman–Crippen MR) is 66.3 cm³/mol. The normalized spacial score (nSPS) is 33.8. The number of aldehydes is 1. The summed E-state index contributed by atoms with van der Waals surface area (Å²) in [4.78, 5) is 21.4. The molecule has 2 saturated heterocycles. The van der Waals surface area contributed by atoms with E-state index in [0.29, 0.717) is 12.0 Å². The summed E-state index contributed by atoms with van der Waals surface area (Å²) in [5.74, 6) is -0.180. The molecule has 0 aromatic rings. The monoisotopic (exact) mass is 254 g/mol. The Balaban J connectivity index is 1.61. The van der Waals surface area contributed by atoms with Crippen LogP contribution in [0.15, 0.2) is 0 Å². The van der Waals surface area contributed by atoms with Crippen molar-refractivity contribution in [1.29, 1.82) is 0 Å². The molecule has 2 aliphatic heterocycles. The minimum absolute atomic E-state index is 0.114. The molecule has 0 aliphatic carbocycles. The van der Waals surface area contributed by atoms with Crippen molar-refractivity contribution >= 4 is 12.3 Å². The van der Waals surface area contributed by atoms with Crippen molar-refractivity contribution in [2.45, 2.75) is 63.6 Å². The van der Waals surface area contributed by atoms with Crippen LogP contribution in [0, 0.1) is 11.8 Å². The van der Waals surface area contributed by atoms with Crippen molar-refractivity contribution in [3.8, 4) is 0 Å². The molecule has 0 unspecified atom stereocenters. The largest absolute Gasteiger partial charge is 0.481 e. The molecule has 1 N–H and O–H groups in total. The van der Waals surface area contributed by atoms with Crippen LogP contribution >= 0.6 is 0 Å². The first-order valence-corrected chi connectivity index (χ1v) is 7.05. The minimum atomic E-state index is -0.711. The molecular formula is C14H22O4. The lowest BCUT2D eigenvalue weighted by atomic mass is 9.77. The van der Waals surface area contributed by atoms with E-state index in [1.807, 2.05) is 0 Å². The second-order valence-corrected chi connectivity index (χ2v) is 5.51. The van der Waals surface area contributed by atoms with Crippen LogP contribution < -0.4 is 0 Å². The molecular weight excluding hydrogens is 232 g/mol. The van der Waals surface area contributed by atoms with Gasteiger partial charge < -0.3 is 14.6 Å². The highest BCUT2D eigenvalue weighted by molar-refractivity contribution is 5.66. The first-order valence-electron chi connectivity index (χ1n) is 7.05. The van der Waals surface area contributed by atoms with Gasteiger partial charge in [0.15, 0.2) is 0 Å². The van der Waals surface area contributed by atoms with Gasteiger partial charge in [-0.1, -0.05) is 19.3 Å². The minimum Gasteiger partial charge on any atom is -0.481 e. The molecule has 0 saturated carbocycles. The van der Waals surface area contributed by atoms with Crippen LogP contribution in [0.4, 0.5) is 0 Å². The highest BCUT2D eigenvalue weighted by Gasteiger charge is 2.48. The third-order valence-corrected chi connectivity index (χ3v) is 4.32. The summed E-state index contributed by atoms with van der Waals surface area (Å²) in [6, 6.07) is 0. The maximum atomic E-state index is 11.1. The number of rotatable bonds is 8. The van der Waals surface area contributed by atoms with Crippen LogP contribution in [-0.4, -0.2) is 29.6 Å². The number of carbonyl (C=O) groups is 2. The van der Waals surface area contributed by atoms with E-state index in [2.05, 4.69) is 0 Å². The molecule has 0 spiro atoms. The van der Waals surface area contributed by atoms with Crippen LogP contribution in [0.5, 0.6) is 0 Å². The fourth-order valence-corrected chi connectivity index (χ4v) is 3.39. The summed E-state index contributed by atoms with van der Waals surface area (Å²) in [6.45, 7) is 0. The molecule has 0 radical (unpaired) electrons. The molecule has 4 atom stereocenters. The number of carboxylic acid groups (broad SMARTS) is 1. The molecule has 4 heteroatoms. The number of aliphatic carboxylic acids is 1. The highest BCUT2D eigenvalue weighted by Crippen LogP contribution is 2.44. The molecule has 2 heterocycles. The lowest BCUT2D eigenvalue weighted by Gasteiger charge is -2.23. The molecule has 4 nitrogen and oxygen atoms in total. The first kappa shape index (κ1) is 13.5. The van der Waals surface area contributed by atoms with Gasteiger partial charge >= 0.3 is 5.97 Å². The standard InChI is InChI=1S/C14H22O4/c15-9-11-10(12-7-8-13(11)18-12)5-3-1-2-4-6-14(16)17/h9-13H,1-8H2,(H,16,17)/t10-,11-,12+,13-/m1/s1. The molecule has 18 heavy (non-hydrogen) atoms. The maximum absolute atomic E-state index is 11.1. The van der Waals surface area contributed by atoms with E-state index in [1.54, 1.807) is 0 Å². The van der Waals surface area contributed by atoms with Gasteiger partial charge in [-0.05, 0) is 31.6 Å². The van der Waals surface area contributed by atoms with E-state index < -0.39 is 5.97 Å². The Hall–Kier alpha value is -0.900. The molecule has 102 valence electrons. The smallest absolute Gasteiger partial charge is 0.303 e. The fraction of sp³-hybridized carbons (Fsp3) is 0.857. The van der Waals surface area contributed by atoms with Gasteiger partial charge in [0.2, 0.25) is 0 Å². The third kappa shape index (κ3) is 3.10. The zero-order valence-corrected chi connectivity index (χ0v) is 10.7. The predicted octanol–water partition coefficient (Wildman–Crippen LogP) is 2.40. The first-order chi connectivity index (χ1) is 8.72. The molecule has 0 aromatic carbocycles. The van der Waals surface area contributed by atoms with Gasteiger partial charge in [0, 0.05) is 12.3 Å². The Bertz CT molecular complexity index is 302. The summed E-state index contributed by atoms with van der Waals surface area (Å²) >= 11 is 0. The van der Waals surface area contributed by atoms with Crippen LogP contribution in [0.25, 0.3) is 0 Å². The van der Waals surface area contributed by atoms with Crippen molar-refractivity contribution in [3.05, 3.63) is 0 Å². The van der Waals surface area contributed by atoms with Crippen LogP contribution in [0.3, 0.4) is 0 Å². The molecule has 2 fully saturated rings. The van der Waals surface area contributed by atoms with Crippen molar-refractivity contribution in [1.82, 2.24) is 0 Å². The van der Waals surface area contributed by atoms with E-state index >= 15 is 0 Å². The summed E-state index contributed by atoms with van der Waals surface area (Å²) in [7, 11) is 0. The Labute approximate surface area is 108 Å². The van der Waals surface area contributed by atoms with Crippen molar-refractivity contribution in [2.24, 2.45) is 11.8 Å². The number of fused-ring (bicyclic) bond motifs is 2. The third-order valence-electron chi connectivity index (χ3n) is 4.32. The highest BCUT2D eigenvalue weighted by atomic mass is 16.5. The molecule has 2 bridgehead atoms. The average molecular weight is 254 g/mol. The Kier molecular flexibility index (Phi) is 4.75. The van der Waals surface area contributed by atoms with E-state index in [9.17, 15) is 9.59 Å². The number of ether oxygens (including phenoxy) is 1. The SMILES string of the molecule is O=C[C@@H]1[C@@H](CCCCCCC(=O)O)[C@@H]2CC[C@H]1O2. The van der Waals surface area contributed by atoms with Crippen molar-refractivity contribution < 1.29 is 19.4 Å². The number of carbonyl (C=O) groups excluding carboxylic acids is 1. The summed E-state index contributed by atoms with van der Waals surface area (Å²) in [5.41, 5.74) is 0. The van der Waals surface area contributed by atoms with Crippen LogP contribution in [0.1, 0.15) is 51.4 Å². The van der Waals surface area contributed by atoms with Gasteiger partial charge in [-0.15, -0.1) is 0 Å². The van der Waals surface area contributed by atoms with E-state index in [4.69, 9.17) is 9.84 Å². The molecule has 2 aliphatic rings. The molecule has 2 rings (SSSR count). The number of carboxylic acids is 1. The Morgan fingerprint density at radius 2 is 1.89 bits per heavy atom. The van der Waals surface area contributed by atoms with Crippen molar-refractivity contribution in [2.75, 3.05) is 0 Å². The molecule has 0 aromatic heterocycles. The lowest BCUT2D eigenvalue weighted by molar-refractivity contribution is -0.137. The van der Waals surface area contributed by atoms with Gasteiger partial charge in [0.25, 0.3) is 0 Å². The van der Waals surface area contributed by atoms with Gasteiger partial charge in [-0.2, -0.15) is 0 Å². The lowest BCUT2D eigenvalue weighted by Crippen LogP contribution is -2.28. The van der Waals surface area contributed by atoms with Gasteiger partial charge in [0.05, 0.1) is 12.2 Å². The van der Waals surface area contributed by atoms with E-state index in [-0.39, 0.29) is 18.4 Å². The molecule has 0 amide bonds. The Morgan fingerprint density at radius 3 is 2.61 bits per heavy atom. The van der Waals surface area contributed by atoms with E-state index in [1.165, 1.54) is 0 Å². The average Bonchev–Trinajstić information content (AvgIpc) is 2.93. The maximum Gasteiger partial charge on any atom is 0.303 e. The second kappa shape index (κ2) is 6.32. The Morgan fingerprint density at radius 1 is 1.17 bits per heavy atom. The van der Waals surface area contributed by atoms with Crippen LogP contribution in [-0.2, 0) is 14.3 Å². The van der Waals surface area contributed by atoms with Gasteiger partial charge in [-0.3, -0.25) is 4.79 Å².